The Hall–Kier alpha value is -4.01. The van der Waals surface area contributed by atoms with Gasteiger partial charge in [-0.2, -0.15) is 0 Å². The van der Waals surface area contributed by atoms with Crippen LogP contribution in [0, 0.1) is 5.92 Å². The predicted octanol–water partition coefficient (Wildman–Crippen LogP) is 3.50. The van der Waals surface area contributed by atoms with Gasteiger partial charge in [-0.3, -0.25) is 14.4 Å². The minimum Gasteiger partial charge on any atom is -0.497 e. The maximum absolute atomic E-state index is 12.8. The molecule has 36 heavy (non-hydrogen) atoms. The third kappa shape index (κ3) is 5.45. The van der Waals surface area contributed by atoms with E-state index in [0.717, 1.165) is 6.42 Å². The molecule has 0 aliphatic carbocycles. The van der Waals surface area contributed by atoms with E-state index in [1.807, 2.05) is 0 Å². The standard InChI is InChI=1S/C27H29NO8/c1-4-34-27(31)18-6-5-11-28(15-18)25(29)16-35-20-9-10-21-23(14-20)36-24(26(21)30)12-17-7-8-19(32-2)13-22(17)33-3/h7-10,12-14,18H,4-6,11,15-16H2,1-3H3/b24-12-. The number of esters is 1. The topological polar surface area (TPSA) is 101 Å². The first kappa shape index (κ1) is 25.1. The molecule has 0 saturated carbocycles. The maximum Gasteiger partial charge on any atom is 0.310 e. The average Bonchev–Trinajstić information content (AvgIpc) is 3.21. The van der Waals surface area contributed by atoms with Crippen LogP contribution in [0.2, 0.25) is 0 Å². The van der Waals surface area contributed by atoms with Crippen molar-refractivity contribution in [2.75, 3.05) is 40.5 Å². The van der Waals surface area contributed by atoms with Crippen LogP contribution in [0.25, 0.3) is 6.08 Å². The van der Waals surface area contributed by atoms with E-state index in [1.165, 1.54) is 7.11 Å². The summed E-state index contributed by atoms with van der Waals surface area (Å²) in [6.45, 7) is 2.79. The molecule has 0 radical (unpaired) electrons. The summed E-state index contributed by atoms with van der Waals surface area (Å²) in [4.78, 5) is 39.2. The zero-order valence-electron chi connectivity index (χ0n) is 20.6. The number of Topliss-reactive ketones (excluding diaryl/α,β-unsaturated/α-hetero) is 1. The van der Waals surface area contributed by atoms with Gasteiger partial charge in [0, 0.05) is 30.8 Å². The number of hydrogen-bond acceptors (Lipinski definition) is 8. The van der Waals surface area contributed by atoms with Crippen molar-refractivity contribution in [1.29, 1.82) is 0 Å². The lowest BCUT2D eigenvalue weighted by Gasteiger charge is -2.31. The fourth-order valence-corrected chi connectivity index (χ4v) is 4.23. The SMILES string of the molecule is CCOC(=O)C1CCCN(C(=O)COc2ccc3c(c2)O/C(=C\c2ccc(OC)cc2OC)C3=O)C1. The second kappa shape index (κ2) is 11.2. The van der Waals surface area contributed by atoms with Crippen LogP contribution in [0.1, 0.15) is 35.7 Å². The molecule has 9 heteroatoms. The quantitative estimate of drug-likeness (QED) is 0.405. The average molecular weight is 496 g/mol. The summed E-state index contributed by atoms with van der Waals surface area (Å²) < 4.78 is 27.2. The number of hydrogen-bond donors (Lipinski definition) is 0. The van der Waals surface area contributed by atoms with Crippen LogP contribution in [-0.2, 0) is 14.3 Å². The first-order valence-electron chi connectivity index (χ1n) is 11.8. The Morgan fingerprint density at radius 3 is 2.67 bits per heavy atom. The Balaban J connectivity index is 1.40. The molecule has 2 aromatic carbocycles. The van der Waals surface area contributed by atoms with Crippen LogP contribution >= 0.6 is 0 Å². The Labute approximate surface area is 209 Å². The van der Waals surface area contributed by atoms with E-state index in [-0.39, 0.29) is 35.9 Å². The van der Waals surface area contributed by atoms with Crippen LogP contribution in [0.15, 0.2) is 42.2 Å². The molecule has 1 atom stereocenters. The molecule has 1 saturated heterocycles. The number of carbonyl (C=O) groups excluding carboxylic acids is 3. The maximum atomic E-state index is 12.8. The van der Waals surface area contributed by atoms with E-state index in [1.54, 1.807) is 61.4 Å². The molecule has 2 aliphatic heterocycles. The van der Waals surface area contributed by atoms with Crippen molar-refractivity contribution < 1.29 is 38.1 Å². The minimum atomic E-state index is -0.309. The van der Waals surface area contributed by atoms with Gasteiger partial charge in [0.15, 0.2) is 12.4 Å². The van der Waals surface area contributed by atoms with Gasteiger partial charge in [-0.15, -0.1) is 0 Å². The van der Waals surface area contributed by atoms with Gasteiger partial charge in [0.25, 0.3) is 5.91 Å². The number of allylic oxidation sites excluding steroid dienone is 1. The van der Waals surface area contributed by atoms with Crippen molar-refractivity contribution in [3.63, 3.8) is 0 Å². The third-order valence-corrected chi connectivity index (χ3v) is 6.12. The van der Waals surface area contributed by atoms with Crippen molar-refractivity contribution in [3.8, 4) is 23.0 Å². The number of ketones is 1. The number of amides is 1. The van der Waals surface area contributed by atoms with Gasteiger partial charge in [-0.05, 0) is 50.1 Å². The molecule has 1 fully saturated rings. The van der Waals surface area contributed by atoms with Gasteiger partial charge in [0.1, 0.15) is 23.0 Å². The van der Waals surface area contributed by atoms with Crippen molar-refractivity contribution in [1.82, 2.24) is 4.90 Å². The number of ether oxygens (including phenoxy) is 5. The number of likely N-dealkylation sites (tertiary alicyclic amines) is 1. The second-order valence-corrected chi connectivity index (χ2v) is 8.43. The smallest absolute Gasteiger partial charge is 0.310 e. The van der Waals surface area contributed by atoms with Gasteiger partial charge in [0.2, 0.25) is 5.78 Å². The molecule has 0 N–H and O–H groups in total. The number of rotatable bonds is 8. The predicted molar refractivity (Wildman–Crippen MR) is 130 cm³/mol. The molecular weight excluding hydrogens is 466 g/mol. The number of methoxy groups -OCH3 is 2. The van der Waals surface area contributed by atoms with Crippen LogP contribution in [-0.4, -0.2) is 63.1 Å². The van der Waals surface area contributed by atoms with Crippen LogP contribution in [0.5, 0.6) is 23.0 Å². The van der Waals surface area contributed by atoms with Crippen molar-refractivity contribution in [2.24, 2.45) is 5.92 Å². The first-order valence-corrected chi connectivity index (χ1v) is 11.8. The summed E-state index contributed by atoms with van der Waals surface area (Å²) >= 11 is 0. The monoisotopic (exact) mass is 495 g/mol. The van der Waals surface area contributed by atoms with Crippen molar-refractivity contribution in [2.45, 2.75) is 19.8 Å². The lowest BCUT2D eigenvalue weighted by Crippen LogP contribution is -2.44. The summed E-state index contributed by atoms with van der Waals surface area (Å²) in [5.74, 6) is 1.02. The van der Waals surface area contributed by atoms with E-state index in [4.69, 9.17) is 23.7 Å². The van der Waals surface area contributed by atoms with E-state index in [0.29, 0.717) is 60.2 Å². The number of benzene rings is 2. The molecule has 0 bridgehead atoms. The highest BCUT2D eigenvalue weighted by Gasteiger charge is 2.30. The zero-order valence-corrected chi connectivity index (χ0v) is 20.6. The Morgan fingerprint density at radius 1 is 1.11 bits per heavy atom. The van der Waals surface area contributed by atoms with Gasteiger partial charge >= 0.3 is 5.97 Å². The van der Waals surface area contributed by atoms with Gasteiger partial charge in [-0.1, -0.05) is 0 Å². The van der Waals surface area contributed by atoms with E-state index >= 15 is 0 Å². The molecule has 0 aromatic heterocycles. The molecule has 2 aliphatic rings. The first-order chi connectivity index (χ1) is 17.4. The van der Waals surface area contributed by atoms with E-state index in [2.05, 4.69) is 0 Å². The fourth-order valence-electron chi connectivity index (χ4n) is 4.23. The molecule has 2 aromatic rings. The molecule has 1 amide bonds. The van der Waals surface area contributed by atoms with E-state index < -0.39 is 0 Å². The van der Waals surface area contributed by atoms with Crippen molar-refractivity contribution in [3.05, 3.63) is 53.3 Å². The Kier molecular flexibility index (Phi) is 7.77. The summed E-state index contributed by atoms with van der Waals surface area (Å²) in [5.41, 5.74) is 1.07. The Bertz CT molecular complexity index is 1190. The number of carbonyl (C=O) groups is 3. The highest BCUT2D eigenvalue weighted by Crippen LogP contribution is 2.36. The normalized spacial score (nSPS) is 17.9. The minimum absolute atomic E-state index is 0.153. The van der Waals surface area contributed by atoms with Crippen LogP contribution < -0.4 is 18.9 Å². The van der Waals surface area contributed by atoms with Crippen LogP contribution in [0.3, 0.4) is 0 Å². The zero-order chi connectivity index (χ0) is 25.7. The summed E-state index contributed by atoms with van der Waals surface area (Å²) in [6, 6.07) is 10.1. The summed E-state index contributed by atoms with van der Waals surface area (Å²) in [5, 5.41) is 0. The van der Waals surface area contributed by atoms with Crippen LogP contribution in [0.4, 0.5) is 0 Å². The molecule has 190 valence electrons. The number of fused-ring (bicyclic) bond motifs is 1. The molecular formula is C27H29NO8. The molecule has 4 rings (SSSR count). The summed E-state index contributed by atoms with van der Waals surface area (Å²) in [7, 11) is 3.10. The fraction of sp³-hybridized carbons (Fsp3) is 0.370. The lowest BCUT2D eigenvalue weighted by molar-refractivity contribution is -0.151. The molecule has 9 nitrogen and oxygen atoms in total. The second-order valence-electron chi connectivity index (χ2n) is 8.43. The van der Waals surface area contributed by atoms with Crippen molar-refractivity contribution >= 4 is 23.7 Å². The highest BCUT2D eigenvalue weighted by molar-refractivity contribution is 6.14. The highest BCUT2D eigenvalue weighted by atomic mass is 16.5. The van der Waals surface area contributed by atoms with E-state index in [9.17, 15) is 14.4 Å². The van der Waals surface area contributed by atoms with Gasteiger partial charge in [-0.25, -0.2) is 0 Å². The third-order valence-electron chi connectivity index (χ3n) is 6.12. The number of nitrogens with zero attached hydrogens (tertiary/aromatic N) is 1. The molecule has 1 unspecified atom stereocenters. The van der Waals surface area contributed by atoms with Gasteiger partial charge < -0.3 is 28.6 Å². The number of piperidine rings is 1. The van der Waals surface area contributed by atoms with Gasteiger partial charge in [0.05, 0.1) is 32.3 Å². The molecule has 2 heterocycles. The Morgan fingerprint density at radius 2 is 1.92 bits per heavy atom. The largest absolute Gasteiger partial charge is 0.497 e. The lowest BCUT2D eigenvalue weighted by atomic mass is 9.98. The molecule has 0 spiro atoms. The summed E-state index contributed by atoms with van der Waals surface area (Å²) in [6.07, 6.45) is 3.05.